The Bertz CT molecular complexity index is 1670. The summed E-state index contributed by atoms with van der Waals surface area (Å²) in [5.41, 5.74) is 1.46. The van der Waals surface area contributed by atoms with Crippen LogP contribution < -0.4 is 14.5 Å². The number of cyclic esters (lactones) is 1. The number of aliphatic hydroxyl groups excluding tert-OH is 1. The fourth-order valence-electron chi connectivity index (χ4n) is 7.62. The highest BCUT2D eigenvalue weighted by Crippen LogP contribution is 2.60. The molecule has 3 aliphatic heterocycles. The van der Waals surface area contributed by atoms with Crippen molar-refractivity contribution in [3.8, 4) is 5.75 Å². The van der Waals surface area contributed by atoms with Crippen LogP contribution in [0.1, 0.15) is 30.0 Å². The van der Waals surface area contributed by atoms with Gasteiger partial charge in [-0.1, -0.05) is 49.4 Å². The molecule has 0 radical (unpaired) electrons. The minimum absolute atomic E-state index is 0.118. The number of nitrogens with zero attached hydrogens (tertiary/aromatic N) is 3. The highest BCUT2D eigenvalue weighted by Gasteiger charge is 2.67. The van der Waals surface area contributed by atoms with Crippen LogP contribution in [0, 0.1) is 5.92 Å². The van der Waals surface area contributed by atoms with Gasteiger partial charge < -0.3 is 33.2 Å². The van der Waals surface area contributed by atoms with Crippen molar-refractivity contribution in [1.82, 2.24) is 4.90 Å². The SMILES string of the molecule is COc1ccc2c(c1)[C@@]1(O[C@H](CC(=O)N(CCO)Cc3ccccc3)[C@@H]([Si](C)(C)F)[C@@H]1C)C(=O)N2Cc1ccc(N2CCOC2=O)cc1. The van der Waals surface area contributed by atoms with Gasteiger partial charge in [-0.05, 0) is 54.6 Å². The third kappa shape index (κ3) is 6.08. The first-order chi connectivity index (χ1) is 23.0. The first kappa shape index (κ1) is 33.6. The maximum Gasteiger partial charge on any atom is 0.414 e. The molecule has 2 saturated heterocycles. The minimum Gasteiger partial charge on any atom is -0.497 e. The number of halogens is 1. The molecule has 0 saturated carbocycles. The first-order valence-corrected chi connectivity index (χ1v) is 19.3. The molecule has 6 rings (SSSR count). The molecule has 1 N–H and O–H groups in total. The van der Waals surface area contributed by atoms with Crippen molar-refractivity contribution >= 4 is 37.7 Å². The van der Waals surface area contributed by atoms with E-state index in [1.54, 1.807) is 47.0 Å². The Morgan fingerprint density at radius 3 is 2.44 bits per heavy atom. The number of rotatable bonds is 11. The van der Waals surface area contributed by atoms with Crippen molar-refractivity contribution in [1.29, 1.82) is 0 Å². The van der Waals surface area contributed by atoms with Gasteiger partial charge in [-0.25, -0.2) is 4.79 Å². The second-order valence-corrected chi connectivity index (χ2v) is 17.0. The Morgan fingerprint density at radius 1 is 1.08 bits per heavy atom. The van der Waals surface area contributed by atoms with Crippen molar-refractivity contribution in [3.63, 3.8) is 0 Å². The molecule has 3 amide bonds. The number of amides is 3. The number of ether oxygens (including phenoxy) is 3. The number of carbonyl (C=O) groups is 3. The number of benzene rings is 3. The van der Waals surface area contributed by atoms with E-state index >= 15 is 4.11 Å². The highest BCUT2D eigenvalue weighted by atomic mass is 28.4. The van der Waals surface area contributed by atoms with Crippen LogP contribution in [0.25, 0.3) is 0 Å². The summed E-state index contributed by atoms with van der Waals surface area (Å²) in [7, 11) is -1.98. The first-order valence-electron chi connectivity index (χ1n) is 16.3. The number of methoxy groups -OCH3 is 1. The number of carbonyl (C=O) groups excluding carboxylic acids is 3. The van der Waals surface area contributed by atoms with E-state index in [0.717, 1.165) is 11.1 Å². The summed E-state index contributed by atoms with van der Waals surface area (Å²) in [6.07, 6.45) is -1.38. The van der Waals surface area contributed by atoms with Crippen molar-refractivity contribution in [2.24, 2.45) is 5.92 Å². The van der Waals surface area contributed by atoms with Crippen molar-refractivity contribution in [2.45, 2.75) is 56.8 Å². The van der Waals surface area contributed by atoms with Crippen LogP contribution in [0.2, 0.25) is 18.6 Å². The zero-order chi connectivity index (χ0) is 34.2. The van der Waals surface area contributed by atoms with Crippen LogP contribution in [0.5, 0.6) is 5.75 Å². The van der Waals surface area contributed by atoms with E-state index in [9.17, 15) is 19.5 Å². The Morgan fingerprint density at radius 2 is 1.81 bits per heavy atom. The molecule has 0 aromatic heterocycles. The van der Waals surface area contributed by atoms with Gasteiger partial charge in [0, 0.05) is 35.8 Å². The number of hydrogen-bond donors (Lipinski definition) is 1. The summed E-state index contributed by atoms with van der Waals surface area (Å²) in [6.45, 7) is 6.27. The fourth-order valence-corrected chi connectivity index (χ4v) is 10.1. The number of fused-ring (bicyclic) bond motifs is 2. The van der Waals surface area contributed by atoms with Crippen molar-refractivity contribution < 1.29 is 37.8 Å². The molecule has 3 aliphatic rings. The van der Waals surface area contributed by atoms with Gasteiger partial charge in [0.05, 0.1) is 45.0 Å². The summed E-state index contributed by atoms with van der Waals surface area (Å²) in [4.78, 5) is 45.4. The Balaban J connectivity index is 1.32. The van der Waals surface area contributed by atoms with Gasteiger partial charge >= 0.3 is 6.09 Å². The molecule has 1 spiro atoms. The molecule has 2 fully saturated rings. The van der Waals surface area contributed by atoms with Gasteiger partial charge in [0.1, 0.15) is 12.4 Å². The second kappa shape index (κ2) is 13.3. The summed E-state index contributed by atoms with van der Waals surface area (Å²) < 4.78 is 33.8. The van der Waals surface area contributed by atoms with Crippen LogP contribution in [0.4, 0.5) is 20.3 Å². The fraction of sp³-hybridized carbons (Fsp3) is 0.417. The predicted octanol–water partition coefficient (Wildman–Crippen LogP) is 5.38. The standard InChI is InChI=1S/C36H42FN3O7Si/c1-24-33(48(3,4)37)31(21-32(42)38(16-18-41)22-25-8-6-5-7-9-25)47-36(24)29-20-28(45-2)14-15-30(29)40(34(36)43)23-26-10-12-27(13-11-26)39-17-19-46-35(39)44/h5-15,20,24,31,33,41H,16-19,21-23H2,1-4H3/t24-,31+,33-,36+/m0/s1. The third-order valence-corrected chi connectivity index (χ3v) is 12.3. The molecule has 3 aromatic rings. The van der Waals surface area contributed by atoms with Crippen molar-refractivity contribution in [3.05, 3.63) is 89.5 Å². The summed E-state index contributed by atoms with van der Waals surface area (Å²) in [5.74, 6) is -0.653. The molecular formula is C36H42FN3O7Si. The van der Waals surface area contributed by atoms with Gasteiger partial charge in [0.25, 0.3) is 5.91 Å². The highest BCUT2D eigenvalue weighted by molar-refractivity contribution is 6.72. The molecule has 48 heavy (non-hydrogen) atoms. The van der Waals surface area contributed by atoms with E-state index in [1.165, 1.54) is 0 Å². The maximum absolute atomic E-state index is 16.4. The lowest BCUT2D eigenvalue weighted by Gasteiger charge is -2.31. The lowest BCUT2D eigenvalue weighted by Crippen LogP contribution is -2.45. The molecule has 0 unspecified atom stereocenters. The topological polar surface area (TPSA) is 109 Å². The lowest BCUT2D eigenvalue weighted by atomic mass is 9.82. The zero-order valence-electron chi connectivity index (χ0n) is 27.7. The van der Waals surface area contributed by atoms with E-state index < -0.39 is 37.7 Å². The van der Waals surface area contributed by atoms with Crippen molar-refractivity contribution in [2.75, 3.05) is 43.2 Å². The predicted molar refractivity (Wildman–Crippen MR) is 181 cm³/mol. The quantitative estimate of drug-likeness (QED) is 0.215. The normalized spacial score (nSPS) is 23.5. The maximum atomic E-state index is 16.4. The zero-order valence-corrected chi connectivity index (χ0v) is 28.7. The van der Waals surface area contributed by atoms with Crippen LogP contribution in [-0.4, -0.2) is 75.8 Å². The third-order valence-electron chi connectivity index (χ3n) is 9.83. The van der Waals surface area contributed by atoms with Gasteiger partial charge in [-0.15, -0.1) is 0 Å². The van der Waals surface area contributed by atoms with E-state index in [2.05, 4.69) is 0 Å². The summed E-state index contributed by atoms with van der Waals surface area (Å²) in [5, 5.41) is 9.78. The summed E-state index contributed by atoms with van der Waals surface area (Å²) in [6, 6.07) is 22.2. The Hall–Kier alpha value is -4.26. The second-order valence-electron chi connectivity index (χ2n) is 13.2. The van der Waals surface area contributed by atoms with Gasteiger partial charge in [0.2, 0.25) is 14.3 Å². The average Bonchev–Trinajstić information content (AvgIpc) is 3.70. The monoisotopic (exact) mass is 675 g/mol. The van der Waals surface area contributed by atoms with E-state index in [4.69, 9.17) is 14.2 Å². The largest absolute Gasteiger partial charge is 0.497 e. The van der Waals surface area contributed by atoms with Crippen LogP contribution >= 0.6 is 0 Å². The smallest absolute Gasteiger partial charge is 0.414 e. The molecule has 4 atom stereocenters. The number of hydrogen-bond acceptors (Lipinski definition) is 7. The molecule has 3 aromatic carbocycles. The molecule has 0 aliphatic carbocycles. The lowest BCUT2D eigenvalue weighted by molar-refractivity contribution is -0.150. The van der Waals surface area contributed by atoms with Crippen LogP contribution in [0.15, 0.2) is 72.8 Å². The Labute approximate surface area is 281 Å². The van der Waals surface area contributed by atoms with Crippen LogP contribution in [0.3, 0.4) is 0 Å². The van der Waals surface area contributed by atoms with Gasteiger partial charge in [0.15, 0.2) is 5.60 Å². The molecule has 254 valence electrons. The van der Waals surface area contributed by atoms with Gasteiger partial charge in [-0.3, -0.25) is 14.5 Å². The number of aliphatic hydroxyl groups is 1. The van der Waals surface area contributed by atoms with E-state index in [1.807, 2.05) is 67.6 Å². The van der Waals surface area contributed by atoms with E-state index in [-0.39, 0.29) is 37.9 Å². The summed E-state index contributed by atoms with van der Waals surface area (Å²) >= 11 is 0. The average molecular weight is 676 g/mol. The number of anilines is 2. The van der Waals surface area contributed by atoms with Gasteiger partial charge in [-0.2, -0.15) is 0 Å². The molecule has 10 nitrogen and oxygen atoms in total. The molecule has 3 heterocycles. The Kier molecular flexibility index (Phi) is 9.34. The van der Waals surface area contributed by atoms with Crippen LogP contribution in [-0.2, 0) is 37.8 Å². The molecular weight excluding hydrogens is 633 g/mol. The van der Waals surface area contributed by atoms with E-state index in [0.29, 0.717) is 42.4 Å². The molecule has 12 heteroatoms. The molecule has 0 bridgehead atoms. The minimum atomic E-state index is -3.52.